The van der Waals surface area contributed by atoms with Crippen LogP contribution < -0.4 is 0 Å². The molecule has 0 bridgehead atoms. The monoisotopic (exact) mass is 459 g/mol. The van der Waals surface area contributed by atoms with Crippen LogP contribution in [-0.4, -0.2) is 33.7 Å². The lowest BCUT2D eigenvalue weighted by Crippen LogP contribution is -2.12. The number of aryl methyl sites for hydroxylation is 1. The third kappa shape index (κ3) is 6.60. The number of esters is 1. The van der Waals surface area contributed by atoms with E-state index in [1.54, 1.807) is 13.0 Å². The summed E-state index contributed by atoms with van der Waals surface area (Å²) in [5.41, 5.74) is 3.91. The minimum absolute atomic E-state index is 0.0290. The van der Waals surface area contributed by atoms with E-state index in [9.17, 15) is 9.59 Å². The smallest absolute Gasteiger partial charge is 0.313 e. The van der Waals surface area contributed by atoms with Crippen LogP contribution in [0.5, 0.6) is 0 Å². The number of thioether (sulfide) groups is 1. The lowest BCUT2D eigenvalue weighted by Gasteiger charge is -2.14. The highest BCUT2D eigenvalue weighted by molar-refractivity contribution is 7.99. The molecule has 0 aliphatic rings. The minimum Gasteiger partial charge on any atom is -0.481 e. The first-order chi connectivity index (χ1) is 14.9. The number of aliphatic carboxylic acids is 1. The van der Waals surface area contributed by atoms with E-state index in [1.807, 2.05) is 42.5 Å². The third-order valence-corrected chi connectivity index (χ3v) is 5.91. The molecule has 0 radical (unpaired) electrons. The van der Waals surface area contributed by atoms with Crippen molar-refractivity contribution in [3.05, 3.63) is 76.5 Å². The van der Waals surface area contributed by atoms with Gasteiger partial charge in [0.25, 0.3) is 0 Å². The molecular formula is C23H22ClNO5S. The molecular weight excluding hydrogens is 438 g/mol. The van der Waals surface area contributed by atoms with Gasteiger partial charge in [0.2, 0.25) is 0 Å². The number of carbonyl (C=O) groups is 2. The summed E-state index contributed by atoms with van der Waals surface area (Å²) in [6, 6.07) is 15.0. The van der Waals surface area contributed by atoms with E-state index in [1.165, 1.54) is 18.0 Å². The van der Waals surface area contributed by atoms with Gasteiger partial charge in [-0.2, -0.15) is 0 Å². The SMILES string of the molecule is C[C@@H](OC(=O)Cc1conc1-c1ccc(CCSCC(=O)O)cc1)c1ccccc1Cl. The van der Waals surface area contributed by atoms with Crippen molar-refractivity contribution >= 4 is 35.3 Å². The molecule has 1 atom stereocenters. The average molecular weight is 460 g/mol. The average Bonchev–Trinajstić information content (AvgIpc) is 3.19. The Kier molecular flexibility index (Phi) is 8.14. The molecule has 8 heteroatoms. The molecule has 0 aliphatic carbocycles. The van der Waals surface area contributed by atoms with E-state index in [0.717, 1.165) is 28.9 Å². The Morgan fingerprint density at radius 1 is 1.19 bits per heavy atom. The molecule has 162 valence electrons. The predicted molar refractivity (Wildman–Crippen MR) is 120 cm³/mol. The number of benzene rings is 2. The zero-order chi connectivity index (χ0) is 22.2. The predicted octanol–water partition coefficient (Wildman–Crippen LogP) is 5.20. The Morgan fingerprint density at radius 2 is 1.94 bits per heavy atom. The van der Waals surface area contributed by atoms with Gasteiger partial charge in [0, 0.05) is 21.7 Å². The maximum atomic E-state index is 12.5. The van der Waals surface area contributed by atoms with Crippen LogP contribution in [-0.2, 0) is 27.2 Å². The van der Waals surface area contributed by atoms with E-state index < -0.39 is 18.0 Å². The Bertz CT molecular complexity index is 1030. The van der Waals surface area contributed by atoms with Crippen LogP contribution in [0.2, 0.25) is 5.02 Å². The first-order valence-electron chi connectivity index (χ1n) is 9.70. The highest BCUT2D eigenvalue weighted by Gasteiger charge is 2.18. The standard InChI is InChI=1S/C23H22ClNO5S/c1-15(19-4-2-3-5-20(19)24)30-22(28)12-18-13-29-25-23(18)17-8-6-16(7-9-17)10-11-31-14-21(26)27/h2-9,13,15H,10-12,14H2,1H3,(H,26,27)/t15-/m1/s1. The number of hydrogen-bond acceptors (Lipinski definition) is 6. The summed E-state index contributed by atoms with van der Waals surface area (Å²) in [5.74, 6) is -0.371. The van der Waals surface area contributed by atoms with Crippen molar-refractivity contribution in [1.29, 1.82) is 0 Å². The zero-order valence-corrected chi connectivity index (χ0v) is 18.5. The lowest BCUT2D eigenvalue weighted by molar-refractivity contribution is -0.147. The summed E-state index contributed by atoms with van der Waals surface area (Å²) in [6.07, 6.45) is 1.78. The first-order valence-corrected chi connectivity index (χ1v) is 11.2. The molecule has 0 saturated carbocycles. The summed E-state index contributed by atoms with van der Waals surface area (Å²) in [6.45, 7) is 1.78. The van der Waals surface area contributed by atoms with Crippen molar-refractivity contribution in [2.24, 2.45) is 0 Å². The molecule has 1 heterocycles. The lowest BCUT2D eigenvalue weighted by atomic mass is 10.0. The molecule has 3 rings (SSSR count). The Labute approximate surface area is 189 Å². The highest BCUT2D eigenvalue weighted by Crippen LogP contribution is 2.27. The van der Waals surface area contributed by atoms with Gasteiger partial charge in [-0.15, -0.1) is 11.8 Å². The van der Waals surface area contributed by atoms with E-state index in [0.29, 0.717) is 16.3 Å². The molecule has 31 heavy (non-hydrogen) atoms. The van der Waals surface area contributed by atoms with Gasteiger partial charge in [-0.05, 0) is 30.7 Å². The second kappa shape index (κ2) is 11.0. The van der Waals surface area contributed by atoms with Crippen LogP contribution in [0, 0.1) is 0 Å². The number of ether oxygens (including phenoxy) is 1. The molecule has 0 unspecified atom stereocenters. The number of rotatable bonds is 10. The number of carbonyl (C=O) groups excluding carboxylic acids is 1. The molecule has 0 spiro atoms. The first kappa shape index (κ1) is 22.9. The molecule has 0 fully saturated rings. The molecule has 3 aromatic rings. The van der Waals surface area contributed by atoms with Crippen molar-refractivity contribution in [1.82, 2.24) is 5.16 Å². The van der Waals surface area contributed by atoms with Gasteiger partial charge in [-0.1, -0.05) is 59.2 Å². The minimum atomic E-state index is -0.807. The Hall–Kier alpha value is -2.77. The Balaban J connectivity index is 1.59. The van der Waals surface area contributed by atoms with Gasteiger partial charge >= 0.3 is 11.9 Å². The maximum Gasteiger partial charge on any atom is 0.313 e. The maximum absolute atomic E-state index is 12.5. The molecule has 6 nitrogen and oxygen atoms in total. The van der Waals surface area contributed by atoms with E-state index in [2.05, 4.69) is 5.16 Å². The summed E-state index contributed by atoms with van der Waals surface area (Å²) in [5, 5.41) is 13.3. The third-order valence-electron chi connectivity index (χ3n) is 4.62. The van der Waals surface area contributed by atoms with Gasteiger partial charge in [0.05, 0.1) is 12.2 Å². The normalized spacial score (nSPS) is 11.8. The number of nitrogens with zero attached hydrogens (tertiary/aromatic N) is 1. The van der Waals surface area contributed by atoms with Crippen LogP contribution >= 0.6 is 23.4 Å². The van der Waals surface area contributed by atoms with Gasteiger partial charge in [-0.25, -0.2) is 0 Å². The van der Waals surface area contributed by atoms with Crippen LogP contribution in [0.4, 0.5) is 0 Å². The second-order valence-electron chi connectivity index (χ2n) is 6.91. The van der Waals surface area contributed by atoms with Gasteiger partial charge in [0.1, 0.15) is 18.1 Å². The van der Waals surface area contributed by atoms with Crippen LogP contribution in [0.1, 0.15) is 29.7 Å². The largest absolute Gasteiger partial charge is 0.481 e. The topological polar surface area (TPSA) is 89.6 Å². The zero-order valence-electron chi connectivity index (χ0n) is 16.9. The highest BCUT2D eigenvalue weighted by atomic mass is 35.5. The van der Waals surface area contributed by atoms with E-state index in [4.69, 9.17) is 26.0 Å². The fraction of sp³-hybridized carbons (Fsp3) is 0.261. The summed E-state index contributed by atoms with van der Waals surface area (Å²) < 4.78 is 10.6. The fourth-order valence-corrected chi connectivity index (χ4v) is 4.05. The molecule has 0 aliphatic heterocycles. The van der Waals surface area contributed by atoms with Crippen LogP contribution in [0.25, 0.3) is 11.3 Å². The summed E-state index contributed by atoms with van der Waals surface area (Å²) in [4.78, 5) is 23.0. The van der Waals surface area contributed by atoms with Gasteiger partial charge in [-0.3, -0.25) is 9.59 Å². The molecule has 1 N–H and O–H groups in total. The number of carboxylic acid groups (broad SMARTS) is 1. The number of aromatic nitrogens is 1. The van der Waals surface area contributed by atoms with Gasteiger partial charge in [0.15, 0.2) is 0 Å². The Morgan fingerprint density at radius 3 is 2.65 bits per heavy atom. The number of halogens is 1. The van der Waals surface area contributed by atoms with Crippen molar-refractivity contribution in [3.63, 3.8) is 0 Å². The van der Waals surface area contributed by atoms with Crippen molar-refractivity contribution in [2.45, 2.75) is 25.9 Å². The van der Waals surface area contributed by atoms with Crippen LogP contribution in [0.15, 0.2) is 59.3 Å². The van der Waals surface area contributed by atoms with Gasteiger partial charge < -0.3 is 14.4 Å². The van der Waals surface area contributed by atoms with Crippen molar-refractivity contribution < 1.29 is 24.0 Å². The number of carboxylic acids is 1. The summed E-state index contributed by atoms with van der Waals surface area (Å²) in [7, 11) is 0. The van der Waals surface area contributed by atoms with E-state index >= 15 is 0 Å². The molecule has 0 saturated heterocycles. The molecule has 2 aromatic carbocycles. The van der Waals surface area contributed by atoms with E-state index in [-0.39, 0.29) is 12.2 Å². The fourth-order valence-electron chi connectivity index (χ4n) is 3.06. The second-order valence-corrected chi connectivity index (χ2v) is 8.42. The van der Waals surface area contributed by atoms with Crippen molar-refractivity contribution in [2.75, 3.05) is 11.5 Å². The quantitative estimate of drug-likeness (QED) is 0.329. The molecule has 0 amide bonds. The molecule has 1 aromatic heterocycles. The summed E-state index contributed by atoms with van der Waals surface area (Å²) >= 11 is 7.56. The number of hydrogen-bond donors (Lipinski definition) is 1. The van der Waals surface area contributed by atoms with Crippen molar-refractivity contribution in [3.8, 4) is 11.3 Å². The van der Waals surface area contributed by atoms with Crippen LogP contribution in [0.3, 0.4) is 0 Å².